The number of amides is 3. The van der Waals surface area contributed by atoms with Crippen LogP contribution in [-0.2, 0) is 9.53 Å². The number of carbonyl (C=O) groups excluding carboxylic acids is 2. The van der Waals surface area contributed by atoms with E-state index in [9.17, 15) is 9.59 Å². The van der Waals surface area contributed by atoms with Gasteiger partial charge in [-0.15, -0.1) is 0 Å². The summed E-state index contributed by atoms with van der Waals surface area (Å²) in [5.41, 5.74) is 1.96. The van der Waals surface area contributed by atoms with E-state index in [2.05, 4.69) is 6.92 Å². The summed E-state index contributed by atoms with van der Waals surface area (Å²) in [6.45, 7) is 8.52. The van der Waals surface area contributed by atoms with Crippen molar-refractivity contribution in [2.24, 2.45) is 5.92 Å². The molecular formula is C22H31N3O4. The molecule has 0 saturated carbocycles. The molecule has 0 N–H and O–H groups in total. The lowest BCUT2D eigenvalue weighted by atomic mass is 9.95. The van der Waals surface area contributed by atoms with Crippen molar-refractivity contribution in [3.63, 3.8) is 0 Å². The summed E-state index contributed by atoms with van der Waals surface area (Å²) in [6.07, 6.45) is 2.32. The van der Waals surface area contributed by atoms with Crippen molar-refractivity contribution in [3.05, 3.63) is 23.8 Å². The highest BCUT2D eigenvalue weighted by Gasteiger charge is 2.35. The van der Waals surface area contributed by atoms with Crippen molar-refractivity contribution in [1.29, 1.82) is 0 Å². The molecule has 3 amide bonds. The van der Waals surface area contributed by atoms with Gasteiger partial charge in [-0.2, -0.15) is 0 Å². The molecule has 158 valence electrons. The van der Waals surface area contributed by atoms with Crippen molar-refractivity contribution in [1.82, 2.24) is 9.80 Å². The van der Waals surface area contributed by atoms with Crippen LogP contribution < -0.4 is 9.64 Å². The Morgan fingerprint density at radius 2 is 1.79 bits per heavy atom. The second-order valence-corrected chi connectivity index (χ2v) is 8.21. The number of piperidine rings is 1. The fraction of sp³-hybridized carbons (Fsp3) is 0.636. The van der Waals surface area contributed by atoms with Gasteiger partial charge in [-0.25, -0.2) is 4.79 Å². The van der Waals surface area contributed by atoms with Crippen molar-refractivity contribution >= 4 is 17.6 Å². The molecule has 29 heavy (non-hydrogen) atoms. The topological polar surface area (TPSA) is 62.3 Å². The number of anilines is 1. The van der Waals surface area contributed by atoms with Crippen molar-refractivity contribution < 1.29 is 19.1 Å². The Kier molecular flexibility index (Phi) is 5.94. The van der Waals surface area contributed by atoms with Crippen LogP contribution >= 0.6 is 0 Å². The summed E-state index contributed by atoms with van der Waals surface area (Å²) in [5, 5.41) is 0. The van der Waals surface area contributed by atoms with Crippen LogP contribution in [0.5, 0.6) is 5.75 Å². The molecular weight excluding hydrogens is 370 g/mol. The van der Waals surface area contributed by atoms with Crippen LogP contribution in [0, 0.1) is 12.8 Å². The SMILES string of the molecule is CCC1CN(C(=O)N2CCC(C(=O)N3CCOCC3)CC2)c2cc(C)ccc2O1. The van der Waals surface area contributed by atoms with Crippen LogP contribution in [0.15, 0.2) is 18.2 Å². The fourth-order valence-electron chi connectivity index (χ4n) is 4.38. The molecule has 3 heterocycles. The molecule has 0 aliphatic carbocycles. The first-order valence-electron chi connectivity index (χ1n) is 10.8. The number of benzene rings is 1. The first kappa shape index (κ1) is 20.0. The number of aryl methyl sites for hydroxylation is 1. The lowest BCUT2D eigenvalue weighted by Crippen LogP contribution is -2.53. The first-order chi connectivity index (χ1) is 14.1. The maximum Gasteiger partial charge on any atom is 0.324 e. The minimum absolute atomic E-state index is 0.00888. The lowest BCUT2D eigenvalue weighted by Gasteiger charge is -2.40. The maximum absolute atomic E-state index is 13.4. The molecule has 7 nitrogen and oxygen atoms in total. The Bertz CT molecular complexity index is 754. The van der Waals surface area contributed by atoms with Gasteiger partial charge < -0.3 is 19.3 Å². The van der Waals surface area contributed by atoms with E-state index in [1.165, 1.54) is 0 Å². The summed E-state index contributed by atoms with van der Waals surface area (Å²) < 4.78 is 11.4. The summed E-state index contributed by atoms with van der Waals surface area (Å²) in [5.74, 6) is 1.01. The van der Waals surface area contributed by atoms with Crippen LogP contribution in [0.3, 0.4) is 0 Å². The smallest absolute Gasteiger partial charge is 0.324 e. The molecule has 3 aliphatic heterocycles. The van der Waals surface area contributed by atoms with E-state index < -0.39 is 0 Å². The van der Waals surface area contributed by atoms with Crippen LogP contribution in [0.4, 0.5) is 10.5 Å². The van der Waals surface area contributed by atoms with Gasteiger partial charge >= 0.3 is 6.03 Å². The van der Waals surface area contributed by atoms with Gasteiger partial charge in [-0.1, -0.05) is 13.0 Å². The Morgan fingerprint density at radius 3 is 2.48 bits per heavy atom. The summed E-state index contributed by atoms with van der Waals surface area (Å²) in [6, 6.07) is 6.02. The van der Waals surface area contributed by atoms with Gasteiger partial charge in [0.15, 0.2) is 0 Å². The minimum Gasteiger partial charge on any atom is -0.486 e. The summed E-state index contributed by atoms with van der Waals surface area (Å²) in [7, 11) is 0. The number of hydrogen-bond acceptors (Lipinski definition) is 4. The molecule has 1 aromatic carbocycles. The molecule has 3 aliphatic rings. The van der Waals surface area contributed by atoms with E-state index >= 15 is 0 Å². The Hall–Kier alpha value is -2.28. The number of morpholine rings is 1. The number of nitrogens with zero attached hydrogens (tertiary/aromatic N) is 3. The minimum atomic E-state index is 0.00888. The largest absolute Gasteiger partial charge is 0.486 e. The second-order valence-electron chi connectivity index (χ2n) is 8.21. The van der Waals surface area contributed by atoms with Gasteiger partial charge in [0, 0.05) is 32.1 Å². The van der Waals surface area contributed by atoms with Crippen molar-refractivity contribution in [2.75, 3.05) is 50.8 Å². The van der Waals surface area contributed by atoms with Crippen LogP contribution in [0.25, 0.3) is 0 Å². The zero-order valence-corrected chi connectivity index (χ0v) is 17.4. The molecule has 1 unspecified atom stereocenters. The van der Waals surface area contributed by atoms with E-state index in [1.807, 2.05) is 39.8 Å². The van der Waals surface area contributed by atoms with Gasteiger partial charge in [-0.3, -0.25) is 9.69 Å². The van der Waals surface area contributed by atoms with E-state index in [0.29, 0.717) is 45.9 Å². The van der Waals surface area contributed by atoms with Crippen LogP contribution in [0.1, 0.15) is 31.7 Å². The number of carbonyl (C=O) groups is 2. The molecule has 0 spiro atoms. The van der Waals surface area contributed by atoms with Crippen LogP contribution in [0.2, 0.25) is 0 Å². The molecule has 0 radical (unpaired) electrons. The third-order valence-corrected chi connectivity index (χ3v) is 6.21. The molecule has 2 fully saturated rings. The van der Waals surface area contributed by atoms with E-state index in [0.717, 1.165) is 36.3 Å². The number of ether oxygens (including phenoxy) is 2. The maximum atomic E-state index is 13.4. The number of hydrogen-bond donors (Lipinski definition) is 0. The van der Waals surface area contributed by atoms with Crippen molar-refractivity contribution in [3.8, 4) is 5.75 Å². The van der Waals surface area contributed by atoms with Gasteiger partial charge in [-0.05, 0) is 43.9 Å². The molecule has 2 saturated heterocycles. The monoisotopic (exact) mass is 401 g/mol. The number of likely N-dealkylation sites (tertiary alicyclic amines) is 1. The average molecular weight is 402 g/mol. The highest BCUT2D eigenvalue weighted by atomic mass is 16.5. The summed E-state index contributed by atoms with van der Waals surface area (Å²) in [4.78, 5) is 31.8. The normalized spacial score (nSPS) is 22.8. The average Bonchev–Trinajstić information content (AvgIpc) is 2.78. The van der Waals surface area contributed by atoms with Gasteiger partial charge in [0.05, 0.1) is 25.4 Å². The first-order valence-corrected chi connectivity index (χ1v) is 10.8. The molecule has 1 atom stereocenters. The molecule has 4 rings (SSSR count). The van der Waals surface area contributed by atoms with Gasteiger partial charge in [0.2, 0.25) is 5.91 Å². The quantitative estimate of drug-likeness (QED) is 0.764. The number of fused-ring (bicyclic) bond motifs is 1. The van der Waals surface area contributed by atoms with Crippen molar-refractivity contribution in [2.45, 2.75) is 39.2 Å². The Morgan fingerprint density at radius 1 is 1.07 bits per heavy atom. The summed E-state index contributed by atoms with van der Waals surface area (Å²) >= 11 is 0. The predicted molar refractivity (Wildman–Crippen MR) is 110 cm³/mol. The zero-order chi connectivity index (χ0) is 20.4. The third-order valence-electron chi connectivity index (χ3n) is 6.21. The Balaban J connectivity index is 1.42. The molecule has 0 bridgehead atoms. The van der Waals surface area contributed by atoms with E-state index in [4.69, 9.17) is 9.47 Å². The molecule has 1 aromatic rings. The van der Waals surface area contributed by atoms with Crippen LogP contribution in [-0.4, -0.2) is 73.8 Å². The fourth-order valence-corrected chi connectivity index (χ4v) is 4.38. The predicted octanol–water partition coefficient (Wildman–Crippen LogP) is 2.66. The van der Waals surface area contributed by atoms with E-state index in [1.54, 1.807) is 0 Å². The molecule has 7 heteroatoms. The highest BCUT2D eigenvalue weighted by Crippen LogP contribution is 2.36. The second kappa shape index (κ2) is 8.61. The Labute approximate surface area is 172 Å². The van der Waals surface area contributed by atoms with E-state index in [-0.39, 0.29) is 24.0 Å². The van der Waals surface area contributed by atoms with Gasteiger partial charge in [0.25, 0.3) is 0 Å². The van der Waals surface area contributed by atoms with Gasteiger partial charge in [0.1, 0.15) is 11.9 Å². The third kappa shape index (κ3) is 4.20. The molecule has 0 aromatic heterocycles. The lowest BCUT2D eigenvalue weighted by molar-refractivity contribution is -0.141. The standard InChI is InChI=1S/C22H31N3O4/c1-3-18-15-25(19-14-16(2)4-5-20(19)29-18)22(27)24-8-6-17(7-9-24)21(26)23-10-12-28-13-11-23/h4-5,14,17-18H,3,6-13,15H2,1-2H3. The highest BCUT2D eigenvalue weighted by molar-refractivity contribution is 5.94. The number of urea groups is 1. The number of rotatable bonds is 2. The zero-order valence-electron chi connectivity index (χ0n) is 17.4.